The van der Waals surface area contributed by atoms with E-state index in [4.69, 9.17) is 0 Å². The second-order valence-corrected chi connectivity index (χ2v) is 4.67. The average molecular weight is 215 g/mol. The highest BCUT2D eigenvalue weighted by atomic mass is 16.3. The third-order valence-electron chi connectivity index (χ3n) is 3.67. The van der Waals surface area contributed by atoms with E-state index in [2.05, 4.69) is 23.1 Å². The Morgan fingerprint density at radius 2 is 1.88 bits per heavy atom. The summed E-state index contributed by atoms with van der Waals surface area (Å²) in [6, 6.07) is 8.30. The van der Waals surface area contributed by atoms with Crippen LogP contribution in [0.25, 0.3) is 6.08 Å². The van der Waals surface area contributed by atoms with Crippen LogP contribution in [-0.2, 0) is 0 Å². The van der Waals surface area contributed by atoms with Crippen LogP contribution in [-0.4, -0.2) is 29.1 Å². The Hall–Kier alpha value is -1.12. The van der Waals surface area contributed by atoms with E-state index in [1.54, 1.807) is 0 Å². The van der Waals surface area contributed by atoms with Crippen LogP contribution in [0.4, 0.5) is 0 Å². The van der Waals surface area contributed by atoms with Gasteiger partial charge in [-0.3, -0.25) is 4.90 Å². The van der Waals surface area contributed by atoms with Crippen molar-refractivity contribution in [3.8, 4) is 0 Å². The van der Waals surface area contributed by atoms with Gasteiger partial charge in [0.25, 0.3) is 0 Å². The molecule has 1 aromatic carbocycles. The van der Waals surface area contributed by atoms with Crippen molar-refractivity contribution in [2.45, 2.75) is 25.0 Å². The van der Waals surface area contributed by atoms with E-state index in [9.17, 15) is 5.11 Å². The fraction of sp³-hybridized carbons (Fsp3) is 0.429. The van der Waals surface area contributed by atoms with Crippen LogP contribution in [0, 0.1) is 0 Å². The van der Waals surface area contributed by atoms with Gasteiger partial charge in [-0.05, 0) is 37.1 Å². The molecule has 2 unspecified atom stereocenters. The summed E-state index contributed by atoms with van der Waals surface area (Å²) in [6.45, 7) is 2.24. The van der Waals surface area contributed by atoms with Gasteiger partial charge >= 0.3 is 0 Å². The lowest BCUT2D eigenvalue weighted by atomic mass is 9.91. The molecule has 1 fully saturated rings. The van der Waals surface area contributed by atoms with E-state index in [1.807, 2.05) is 18.2 Å². The maximum Gasteiger partial charge on any atom is 0.0986 e. The Bertz CT molecular complexity index is 407. The molecular formula is C14H17NO. The van der Waals surface area contributed by atoms with E-state index >= 15 is 0 Å². The second kappa shape index (κ2) is 4.04. The van der Waals surface area contributed by atoms with Gasteiger partial charge in [-0.25, -0.2) is 0 Å². The molecule has 1 N–H and O–H groups in total. The average Bonchev–Trinajstić information content (AvgIpc) is 2.83. The highest BCUT2D eigenvalue weighted by molar-refractivity contribution is 5.58. The Morgan fingerprint density at radius 1 is 1.12 bits per heavy atom. The second-order valence-electron chi connectivity index (χ2n) is 4.67. The summed E-state index contributed by atoms with van der Waals surface area (Å²) >= 11 is 0. The normalized spacial score (nSPS) is 29.3. The van der Waals surface area contributed by atoms with Gasteiger partial charge in [0.05, 0.1) is 12.1 Å². The molecule has 1 aromatic rings. The molecule has 0 saturated carbocycles. The summed E-state index contributed by atoms with van der Waals surface area (Å²) in [4.78, 5) is 2.39. The van der Waals surface area contributed by atoms with E-state index in [0.717, 1.165) is 24.2 Å². The van der Waals surface area contributed by atoms with Crippen LogP contribution in [0.15, 0.2) is 30.3 Å². The molecule has 2 nitrogen and oxygen atoms in total. The summed E-state index contributed by atoms with van der Waals surface area (Å²) in [5.41, 5.74) is 2.23. The van der Waals surface area contributed by atoms with Crippen LogP contribution in [0.5, 0.6) is 0 Å². The summed E-state index contributed by atoms with van der Waals surface area (Å²) in [5.74, 6) is 0. The summed E-state index contributed by atoms with van der Waals surface area (Å²) < 4.78 is 0. The van der Waals surface area contributed by atoms with Crippen molar-refractivity contribution < 1.29 is 5.11 Å². The number of hydrogen-bond acceptors (Lipinski definition) is 2. The van der Waals surface area contributed by atoms with Crippen LogP contribution in [0.2, 0.25) is 0 Å². The van der Waals surface area contributed by atoms with Gasteiger partial charge in [-0.15, -0.1) is 0 Å². The molecule has 0 spiro atoms. The molecule has 2 atom stereocenters. The van der Waals surface area contributed by atoms with E-state index in [1.165, 1.54) is 12.8 Å². The van der Waals surface area contributed by atoms with E-state index in [-0.39, 0.29) is 12.1 Å². The van der Waals surface area contributed by atoms with Crippen LogP contribution >= 0.6 is 0 Å². The number of rotatable bonds is 1. The third-order valence-corrected chi connectivity index (χ3v) is 3.67. The van der Waals surface area contributed by atoms with Crippen molar-refractivity contribution in [3.05, 3.63) is 41.5 Å². The minimum Gasteiger partial charge on any atom is -0.386 e. The zero-order chi connectivity index (χ0) is 11.0. The van der Waals surface area contributed by atoms with Gasteiger partial charge in [-0.2, -0.15) is 0 Å². The smallest absolute Gasteiger partial charge is 0.0986 e. The Kier molecular flexibility index (Phi) is 2.54. The molecule has 1 aliphatic carbocycles. The van der Waals surface area contributed by atoms with Crippen molar-refractivity contribution >= 4 is 6.08 Å². The quantitative estimate of drug-likeness (QED) is 0.776. The van der Waals surface area contributed by atoms with Gasteiger partial charge in [0.15, 0.2) is 0 Å². The van der Waals surface area contributed by atoms with E-state index < -0.39 is 0 Å². The van der Waals surface area contributed by atoms with Crippen molar-refractivity contribution in [1.82, 2.24) is 4.90 Å². The summed E-state index contributed by atoms with van der Waals surface area (Å²) in [6.07, 6.45) is 6.46. The summed E-state index contributed by atoms with van der Waals surface area (Å²) in [7, 11) is 0. The standard InChI is InChI=1S/C14H17NO/c16-14-12-6-2-1-5-11(12)7-8-13(14)15-9-3-4-10-15/h1-2,5-8,13-14,16H,3-4,9-10H2. The Morgan fingerprint density at radius 3 is 2.69 bits per heavy atom. The van der Waals surface area contributed by atoms with Gasteiger partial charge in [0.1, 0.15) is 0 Å². The monoisotopic (exact) mass is 215 g/mol. The van der Waals surface area contributed by atoms with Gasteiger partial charge in [0, 0.05) is 0 Å². The number of nitrogens with zero attached hydrogens (tertiary/aromatic N) is 1. The van der Waals surface area contributed by atoms with Crippen molar-refractivity contribution in [1.29, 1.82) is 0 Å². The zero-order valence-electron chi connectivity index (χ0n) is 9.34. The highest BCUT2D eigenvalue weighted by Gasteiger charge is 2.30. The first kappa shape index (κ1) is 10.1. The molecular weight excluding hydrogens is 198 g/mol. The number of aliphatic hydroxyl groups is 1. The number of benzene rings is 1. The molecule has 1 aliphatic heterocycles. The molecule has 0 radical (unpaired) electrons. The minimum absolute atomic E-state index is 0.178. The lowest BCUT2D eigenvalue weighted by Crippen LogP contribution is -2.37. The van der Waals surface area contributed by atoms with Gasteiger partial charge < -0.3 is 5.11 Å². The molecule has 1 saturated heterocycles. The molecule has 0 aromatic heterocycles. The highest BCUT2D eigenvalue weighted by Crippen LogP contribution is 2.32. The molecule has 2 heteroatoms. The molecule has 1 heterocycles. The van der Waals surface area contributed by atoms with Crippen LogP contribution in [0.3, 0.4) is 0 Å². The maximum absolute atomic E-state index is 10.4. The predicted molar refractivity (Wildman–Crippen MR) is 65.0 cm³/mol. The summed E-state index contributed by atoms with van der Waals surface area (Å²) in [5, 5.41) is 10.4. The van der Waals surface area contributed by atoms with Crippen LogP contribution < -0.4 is 0 Å². The fourth-order valence-electron chi connectivity index (χ4n) is 2.78. The van der Waals surface area contributed by atoms with Crippen molar-refractivity contribution in [2.75, 3.05) is 13.1 Å². The number of fused-ring (bicyclic) bond motifs is 1. The minimum atomic E-state index is -0.362. The molecule has 0 bridgehead atoms. The van der Waals surface area contributed by atoms with Gasteiger partial charge in [-0.1, -0.05) is 36.4 Å². The van der Waals surface area contributed by atoms with Gasteiger partial charge in [0.2, 0.25) is 0 Å². The van der Waals surface area contributed by atoms with Crippen molar-refractivity contribution in [2.24, 2.45) is 0 Å². The molecule has 2 aliphatic rings. The first-order valence-corrected chi connectivity index (χ1v) is 6.05. The fourth-order valence-corrected chi connectivity index (χ4v) is 2.78. The number of likely N-dealkylation sites (tertiary alicyclic amines) is 1. The Labute approximate surface area is 96.2 Å². The third kappa shape index (κ3) is 1.58. The lowest BCUT2D eigenvalue weighted by Gasteiger charge is -2.32. The zero-order valence-corrected chi connectivity index (χ0v) is 9.34. The Balaban J connectivity index is 1.91. The van der Waals surface area contributed by atoms with Crippen molar-refractivity contribution in [3.63, 3.8) is 0 Å². The topological polar surface area (TPSA) is 23.5 Å². The largest absolute Gasteiger partial charge is 0.386 e. The number of hydrogen-bond donors (Lipinski definition) is 1. The first-order chi connectivity index (χ1) is 7.86. The molecule has 16 heavy (non-hydrogen) atoms. The first-order valence-electron chi connectivity index (χ1n) is 6.05. The van der Waals surface area contributed by atoms with E-state index in [0.29, 0.717) is 0 Å². The predicted octanol–water partition coefficient (Wildman–Crippen LogP) is 2.21. The SMILES string of the molecule is OC1c2ccccc2C=CC1N1CCCC1. The molecule has 0 amide bonds. The maximum atomic E-state index is 10.4. The molecule has 84 valence electrons. The molecule has 3 rings (SSSR count). The van der Waals surface area contributed by atoms with Crippen LogP contribution in [0.1, 0.15) is 30.1 Å². The number of aliphatic hydroxyl groups excluding tert-OH is 1. The lowest BCUT2D eigenvalue weighted by molar-refractivity contribution is 0.0854.